The van der Waals surface area contributed by atoms with Gasteiger partial charge in [-0.15, -0.1) is 0 Å². The van der Waals surface area contributed by atoms with Gasteiger partial charge >= 0.3 is 6.03 Å². The van der Waals surface area contributed by atoms with Crippen LogP contribution >= 0.6 is 0 Å². The minimum Gasteiger partial charge on any atom is -0.507 e. The minimum atomic E-state index is -4.67. The first kappa shape index (κ1) is 37.8. The van der Waals surface area contributed by atoms with Crippen LogP contribution in [0.2, 0.25) is 0 Å². The molecular weight excluding hydrogens is 789 g/mol. The van der Waals surface area contributed by atoms with E-state index in [4.69, 9.17) is 0 Å². The van der Waals surface area contributed by atoms with Crippen molar-refractivity contribution in [1.29, 1.82) is 0 Å². The van der Waals surface area contributed by atoms with Gasteiger partial charge in [-0.25, -0.2) is 21.6 Å². The molecule has 0 aliphatic carbocycles. The van der Waals surface area contributed by atoms with Crippen LogP contribution in [0.3, 0.4) is 0 Å². The Morgan fingerprint density at radius 1 is 0.463 bits per heavy atom. The molecule has 0 atom stereocenters. The van der Waals surface area contributed by atoms with Gasteiger partial charge in [0.15, 0.2) is 0 Å². The lowest BCUT2D eigenvalue weighted by molar-refractivity contribution is 0.262. The van der Waals surface area contributed by atoms with Gasteiger partial charge in [0.2, 0.25) is 0 Å². The molecule has 0 fully saturated rings. The molecule has 8 N–H and O–H groups in total. The van der Waals surface area contributed by atoms with Crippen molar-refractivity contribution in [3.05, 3.63) is 109 Å². The number of urea groups is 1. The Kier molecular flexibility index (Phi) is 9.64. The van der Waals surface area contributed by atoms with E-state index >= 15 is 0 Å². The second-order valence-electron chi connectivity index (χ2n) is 11.5. The third-order valence-corrected chi connectivity index (χ3v) is 12.1. The first-order chi connectivity index (χ1) is 25.2. The van der Waals surface area contributed by atoms with Crippen LogP contribution in [-0.2, 0) is 40.3 Å². The zero-order valence-corrected chi connectivity index (χ0v) is 30.3. The van der Waals surface area contributed by atoms with Crippen molar-refractivity contribution in [2.75, 3.05) is 20.1 Å². The number of nitrogens with one attached hydrogen (secondary N) is 4. The summed E-state index contributed by atoms with van der Waals surface area (Å²) in [5.41, 5.74) is -0.216. The summed E-state index contributed by atoms with van der Waals surface area (Å²) in [7, 11) is -18.1. The lowest BCUT2D eigenvalue weighted by Crippen LogP contribution is -2.20. The Hall–Kier alpha value is -5.97. The lowest BCUT2D eigenvalue weighted by Gasteiger charge is -2.14. The lowest BCUT2D eigenvalue weighted by atomic mass is 10.1. The molecule has 6 rings (SSSR count). The molecule has 0 saturated heterocycles. The summed E-state index contributed by atoms with van der Waals surface area (Å²) in [5, 5.41) is 26.0. The Morgan fingerprint density at radius 3 is 1.20 bits per heavy atom. The zero-order valence-electron chi connectivity index (χ0n) is 27.0. The van der Waals surface area contributed by atoms with E-state index in [0.29, 0.717) is 0 Å². The third-order valence-electron chi connectivity index (χ3n) is 7.75. The van der Waals surface area contributed by atoms with E-state index in [2.05, 4.69) is 20.1 Å². The van der Waals surface area contributed by atoms with Crippen LogP contribution in [-0.4, -0.2) is 59.0 Å². The van der Waals surface area contributed by atoms with Gasteiger partial charge in [0.25, 0.3) is 40.3 Å². The number of hydrogen-bond acceptors (Lipinski definition) is 11. The Balaban J connectivity index is 1.18. The monoisotopic (exact) mass is 814 g/mol. The summed E-state index contributed by atoms with van der Waals surface area (Å²) < 4.78 is 123. The van der Waals surface area contributed by atoms with Gasteiger partial charge in [0.05, 0.1) is 31.0 Å². The smallest absolute Gasteiger partial charge is 0.323 e. The topological polar surface area (TPSA) is 283 Å². The van der Waals surface area contributed by atoms with Crippen molar-refractivity contribution in [2.45, 2.75) is 19.6 Å². The van der Waals surface area contributed by atoms with Crippen LogP contribution < -0.4 is 20.1 Å². The van der Waals surface area contributed by atoms with Crippen LogP contribution in [0, 0.1) is 0 Å². The molecule has 6 aromatic rings. The maximum absolute atomic E-state index is 13.4. The molecule has 0 spiro atoms. The second-order valence-corrected chi connectivity index (χ2v) is 17.7. The Labute approximate surface area is 307 Å². The summed E-state index contributed by atoms with van der Waals surface area (Å²) >= 11 is 0. The van der Waals surface area contributed by atoms with Crippen molar-refractivity contribution in [3.8, 4) is 11.5 Å². The molecule has 0 unspecified atom stereocenters. The van der Waals surface area contributed by atoms with Crippen molar-refractivity contribution in [3.63, 3.8) is 0 Å². The largest absolute Gasteiger partial charge is 0.507 e. The first-order valence-corrected chi connectivity index (χ1v) is 20.9. The van der Waals surface area contributed by atoms with Gasteiger partial charge in [0, 0.05) is 34.3 Å². The van der Waals surface area contributed by atoms with Gasteiger partial charge in [-0.1, -0.05) is 36.4 Å². The molecule has 0 saturated carbocycles. The second kappa shape index (κ2) is 13.8. The predicted molar refractivity (Wildman–Crippen MR) is 198 cm³/mol. The van der Waals surface area contributed by atoms with Crippen molar-refractivity contribution in [2.24, 2.45) is 0 Å². The van der Waals surface area contributed by atoms with Crippen LogP contribution in [0.25, 0.3) is 21.5 Å². The van der Waals surface area contributed by atoms with E-state index in [9.17, 15) is 57.8 Å². The number of carbonyl (C=O) groups is 1. The maximum Gasteiger partial charge on any atom is 0.323 e. The number of fused-ring (bicyclic) bond motifs is 2. The van der Waals surface area contributed by atoms with Crippen LogP contribution in [0.15, 0.2) is 129 Å². The maximum atomic E-state index is 13.4. The zero-order chi connectivity index (χ0) is 39.2. The molecule has 0 aliphatic rings. The van der Waals surface area contributed by atoms with E-state index in [-0.39, 0.29) is 54.1 Å². The number of hydrogen-bond donors (Lipinski definition) is 8. The molecule has 0 bridgehead atoms. The number of amides is 2. The van der Waals surface area contributed by atoms with Crippen LogP contribution in [0.5, 0.6) is 11.5 Å². The molecule has 0 radical (unpaired) electrons. The molecule has 0 heterocycles. The molecule has 2 amide bonds. The fraction of sp³-hybridized carbons (Fsp3) is 0. The highest BCUT2D eigenvalue weighted by Crippen LogP contribution is 2.37. The summed E-state index contributed by atoms with van der Waals surface area (Å²) in [6.45, 7) is 0. The first-order valence-electron chi connectivity index (χ1n) is 15.0. The Morgan fingerprint density at radius 2 is 0.833 bits per heavy atom. The molecule has 21 heteroatoms. The molecule has 17 nitrogen and oxygen atoms in total. The predicted octanol–water partition coefficient (Wildman–Crippen LogP) is 5.14. The molecule has 0 aromatic heterocycles. The average Bonchev–Trinajstić information content (AvgIpc) is 3.07. The fourth-order valence-electron chi connectivity index (χ4n) is 5.41. The molecule has 54 heavy (non-hydrogen) atoms. The average molecular weight is 815 g/mol. The standard InChI is InChI=1S/C33H26N4O13S4/c38-29-17-25(53(45,46)47)13-19-5-1-11-27(31(19)29)36-51(41,42)23-9-3-7-21(15-23)34-33(40)35-22-8-4-10-24(16-22)52(43,44)37-28-12-2-6-20-14-26(54(48,49)50)18-30(39)32(20)28/h1-18,36-39H,(H2,34,35,40)(H,45,46,47)(H,48,49,50). The number of rotatable bonds is 10. The van der Waals surface area contributed by atoms with Gasteiger partial charge in [-0.3, -0.25) is 18.5 Å². The highest BCUT2D eigenvalue weighted by atomic mass is 32.2. The molecule has 6 aromatic carbocycles. The number of aromatic hydroxyl groups is 2. The minimum absolute atomic E-state index is 0.00676. The highest BCUT2D eigenvalue weighted by Gasteiger charge is 2.22. The van der Waals surface area contributed by atoms with Gasteiger partial charge < -0.3 is 20.8 Å². The van der Waals surface area contributed by atoms with Crippen molar-refractivity contribution in [1.82, 2.24) is 0 Å². The van der Waals surface area contributed by atoms with E-state index in [1.807, 2.05) is 0 Å². The van der Waals surface area contributed by atoms with Crippen molar-refractivity contribution >= 4 is 90.6 Å². The van der Waals surface area contributed by atoms with E-state index in [1.165, 1.54) is 72.8 Å². The number of anilines is 4. The summed E-state index contributed by atoms with van der Waals surface area (Å²) in [6, 6.07) is 21.1. The number of benzene rings is 6. The normalized spacial score (nSPS) is 12.3. The third kappa shape index (κ3) is 8.00. The van der Waals surface area contributed by atoms with E-state index in [0.717, 1.165) is 36.4 Å². The SMILES string of the molecule is O=C(Nc1cccc(S(=O)(=O)Nc2cccc3cc(S(=O)(=O)O)cc(O)c23)c1)Nc1cccc(S(=O)(=O)Nc2cccc3cc(S(=O)(=O)O)cc(O)c23)c1. The number of sulfonamides is 2. The Bertz CT molecular complexity index is 2770. The number of carbonyl (C=O) groups excluding carboxylic acids is 1. The quantitative estimate of drug-likeness (QED) is 0.0833. The van der Waals surface area contributed by atoms with E-state index < -0.39 is 67.6 Å². The summed E-state index contributed by atoms with van der Waals surface area (Å²) in [5.74, 6) is -1.24. The molecular formula is C33H26N4O13S4. The number of phenols is 2. The van der Waals surface area contributed by atoms with Crippen LogP contribution in [0.1, 0.15) is 0 Å². The summed E-state index contributed by atoms with van der Waals surface area (Å²) in [6.07, 6.45) is 0. The van der Waals surface area contributed by atoms with E-state index in [1.54, 1.807) is 0 Å². The number of phenolic OH excluding ortho intramolecular Hbond substituents is 2. The van der Waals surface area contributed by atoms with Crippen LogP contribution in [0.4, 0.5) is 27.5 Å². The van der Waals surface area contributed by atoms with Gasteiger partial charge in [-0.2, -0.15) is 16.8 Å². The highest BCUT2D eigenvalue weighted by molar-refractivity contribution is 7.93. The summed E-state index contributed by atoms with van der Waals surface area (Å²) in [4.78, 5) is 11.1. The fourth-order valence-corrected chi connectivity index (χ4v) is 8.71. The van der Waals surface area contributed by atoms with Gasteiger partial charge in [-0.05, 0) is 71.4 Å². The van der Waals surface area contributed by atoms with Crippen molar-refractivity contribution < 1.29 is 57.8 Å². The molecule has 0 aliphatic heterocycles. The van der Waals surface area contributed by atoms with Gasteiger partial charge in [0.1, 0.15) is 11.5 Å². The molecule has 280 valence electrons.